The van der Waals surface area contributed by atoms with Crippen LogP contribution in [0.5, 0.6) is 0 Å². The Balaban J connectivity index is 1.97. The molecule has 0 aliphatic rings. The Kier molecular flexibility index (Phi) is 6.37. The van der Waals surface area contributed by atoms with E-state index in [9.17, 15) is 9.59 Å². The van der Waals surface area contributed by atoms with Gasteiger partial charge >= 0.3 is 5.97 Å². The van der Waals surface area contributed by atoms with Crippen molar-refractivity contribution >= 4 is 39.6 Å². The lowest BCUT2D eigenvalue weighted by atomic mass is 10.1. The zero-order valence-corrected chi connectivity index (χ0v) is 17.0. The summed E-state index contributed by atoms with van der Waals surface area (Å²) in [6, 6.07) is 5.80. The molecule has 1 heterocycles. The lowest BCUT2D eigenvalue weighted by Gasteiger charge is -2.12. The third kappa shape index (κ3) is 4.82. The Morgan fingerprint density at radius 2 is 2.00 bits per heavy atom. The van der Waals surface area contributed by atoms with Crippen molar-refractivity contribution < 1.29 is 14.3 Å². The van der Waals surface area contributed by atoms with Gasteiger partial charge in [-0.05, 0) is 51.0 Å². The standard InChI is InChI=1S/C19H22BrN3O3/c1-11-6-7-15(16(20)10-11)8-9-17(24)26-14(4)19(25)21-18-12(2)22-23(5)13(18)3/h6-10,14H,1-5H3,(H,21,25)/b9-8+/t14-/m0/s1. The number of hydrogen-bond donors (Lipinski definition) is 1. The van der Waals surface area contributed by atoms with Crippen LogP contribution in [0.25, 0.3) is 6.08 Å². The molecule has 0 saturated heterocycles. The highest BCUT2D eigenvalue weighted by Crippen LogP contribution is 2.20. The zero-order chi connectivity index (χ0) is 19.4. The van der Waals surface area contributed by atoms with Gasteiger partial charge < -0.3 is 10.1 Å². The van der Waals surface area contributed by atoms with Gasteiger partial charge in [0.25, 0.3) is 5.91 Å². The molecule has 1 aromatic heterocycles. The number of amides is 1. The number of halogens is 1. The van der Waals surface area contributed by atoms with Crippen LogP contribution in [-0.2, 0) is 21.4 Å². The van der Waals surface area contributed by atoms with Crippen molar-refractivity contribution in [2.24, 2.45) is 7.05 Å². The fourth-order valence-electron chi connectivity index (χ4n) is 2.37. The average molecular weight is 420 g/mol. The summed E-state index contributed by atoms with van der Waals surface area (Å²) in [5.41, 5.74) is 4.15. The number of aromatic nitrogens is 2. The molecule has 2 aromatic rings. The maximum atomic E-state index is 12.3. The normalized spacial score (nSPS) is 12.2. The van der Waals surface area contributed by atoms with Crippen LogP contribution in [0.2, 0.25) is 0 Å². The van der Waals surface area contributed by atoms with Crippen molar-refractivity contribution in [3.05, 3.63) is 51.3 Å². The number of ether oxygens (including phenoxy) is 1. The first kappa shape index (κ1) is 19.9. The fourth-order valence-corrected chi connectivity index (χ4v) is 3.00. The molecule has 1 aromatic carbocycles. The fraction of sp³-hybridized carbons (Fsp3) is 0.316. The number of rotatable bonds is 5. The van der Waals surface area contributed by atoms with Crippen molar-refractivity contribution in [3.63, 3.8) is 0 Å². The summed E-state index contributed by atoms with van der Waals surface area (Å²) in [7, 11) is 1.80. The molecule has 1 atom stereocenters. The van der Waals surface area contributed by atoms with E-state index in [2.05, 4.69) is 26.3 Å². The molecule has 0 saturated carbocycles. The van der Waals surface area contributed by atoms with Crippen LogP contribution in [0.3, 0.4) is 0 Å². The first-order valence-electron chi connectivity index (χ1n) is 8.15. The van der Waals surface area contributed by atoms with E-state index < -0.39 is 18.0 Å². The third-order valence-corrected chi connectivity index (χ3v) is 4.66. The number of benzene rings is 1. The number of nitrogens with one attached hydrogen (secondary N) is 1. The molecule has 0 bridgehead atoms. The first-order valence-corrected chi connectivity index (χ1v) is 8.94. The van der Waals surface area contributed by atoms with Crippen LogP contribution in [0.1, 0.15) is 29.4 Å². The van der Waals surface area contributed by atoms with Crippen LogP contribution < -0.4 is 5.32 Å². The summed E-state index contributed by atoms with van der Waals surface area (Å²) >= 11 is 3.45. The molecule has 26 heavy (non-hydrogen) atoms. The van der Waals surface area contributed by atoms with E-state index in [0.717, 1.165) is 21.3 Å². The van der Waals surface area contributed by atoms with Gasteiger partial charge in [0.2, 0.25) is 0 Å². The van der Waals surface area contributed by atoms with Crippen LogP contribution in [0.15, 0.2) is 28.7 Å². The summed E-state index contributed by atoms with van der Waals surface area (Å²) in [5.74, 6) is -0.984. The number of aryl methyl sites for hydroxylation is 3. The van der Waals surface area contributed by atoms with E-state index in [-0.39, 0.29) is 0 Å². The van der Waals surface area contributed by atoms with Crippen molar-refractivity contribution in [3.8, 4) is 0 Å². The molecule has 2 rings (SSSR count). The van der Waals surface area contributed by atoms with E-state index in [0.29, 0.717) is 11.4 Å². The zero-order valence-electron chi connectivity index (χ0n) is 15.5. The Hall–Kier alpha value is -2.41. The highest BCUT2D eigenvalue weighted by molar-refractivity contribution is 9.10. The number of hydrogen-bond acceptors (Lipinski definition) is 4. The van der Waals surface area contributed by atoms with E-state index in [1.165, 1.54) is 13.0 Å². The van der Waals surface area contributed by atoms with Crippen molar-refractivity contribution in [2.45, 2.75) is 33.8 Å². The van der Waals surface area contributed by atoms with Crippen LogP contribution in [-0.4, -0.2) is 27.8 Å². The molecule has 0 aliphatic carbocycles. The second kappa shape index (κ2) is 8.31. The SMILES string of the molecule is Cc1ccc(/C=C/C(=O)O[C@@H](C)C(=O)Nc2c(C)nn(C)c2C)c(Br)c1. The molecule has 0 unspecified atom stereocenters. The maximum Gasteiger partial charge on any atom is 0.331 e. The van der Waals surface area contributed by atoms with E-state index in [1.54, 1.807) is 17.8 Å². The molecule has 0 radical (unpaired) electrons. The van der Waals surface area contributed by atoms with Gasteiger partial charge in [-0.3, -0.25) is 9.48 Å². The molecule has 0 fully saturated rings. The molecule has 0 spiro atoms. The Morgan fingerprint density at radius 3 is 2.58 bits per heavy atom. The number of carbonyl (C=O) groups excluding carboxylic acids is 2. The molecular weight excluding hydrogens is 398 g/mol. The summed E-state index contributed by atoms with van der Waals surface area (Å²) < 4.78 is 7.74. The third-order valence-electron chi connectivity index (χ3n) is 3.97. The number of esters is 1. The minimum Gasteiger partial charge on any atom is -0.449 e. The predicted molar refractivity (Wildman–Crippen MR) is 105 cm³/mol. The van der Waals surface area contributed by atoms with Gasteiger partial charge in [-0.15, -0.1) is 0 Å². The van der Waals surface area contributed by atoms with Crippen LogP contribution in [0.4, 0.5) is 5.69 Å². The monoisotopic (exact) mass is 419 g/mol. The number of carbonyl (C=O) groups is 2. The number of anilines is 1. The van der Waals surface area contributed by atoms with E-state index in [4.69, 9.17) is 4.74 Å². The molecule has 7 heteroatoms. The lowest BCUT2D eigenvalue weighted by molar-refractivity contribution is -0.148. The molecule has 0 aliphatic heterocycles. The molecule has 1 amide bonds. The van der Waals surface area contributed by atoms with Crippen molar-refractivity contribution in [1.82, 2.24) is 9.78 Å². The molecule has 6 nitrogen and oxygen atoms in total. The minimum absolute atomic E-state index is 0.400. The largest absolute Gasteiger partial charge is 0.449 e. The Morgan fingerprint density at radius 1 is 1.31 bits per heavy atom. The lowest BCUT2D eigenvalue weighted by Crippen LogP contribution is -2.29. The second-order valence-electron chi connectivity index (χ2n) is 6.10. The van der Waals surface area contributed by atoms with Crippen molar-refractivity contribution in [1.29, 1.82) is 0 Å². The average Bonchev–Trinajstić information content (AvgIpc) is 2.80. The molecule has 138 valence electrons. The minimum atomic E-state index is -0.924. The van der Waals surface area contributed by atoms with Gasteiger partial charge in [-0.1, -0.05) is 28.1 Å². The van der Waals surface area contributed by atoms with Gasteiger partial charge in [0, 0.05) is 17.6 Å². The highest BCUT2D eigenvalue weighted by atomic mass is 79.9. The van der Waals surface area contributed by atoms with Gasteiger partial charge in [-0.2, -0.15) is 5.10 Å². The Labute approximate surface area is 161 Å². The summed E-state index contributed by atoms with van der Waals surface area (Å²) in [6.07, 6.45) is 2.03. The second-order valence-corrected chi connectivity index (χ2v) is 6.95. The first-order chi connectivity index (χ1) is 12.2. The van der Waals surface area contributed by atoms with Gasteiger partial charge in [0.1, 0.15) is 0 Å². The summed E-state index contributed by atoms with van der Waals surface area (Å²) in [6.45, 7) is 7.18. The maximum absolute atomic E-state index is 12.3. The smallest absolute Gasteiger partial charge is 0.331 e. The Bertz CT molecular complexity index is 871. The van der Waals surface area contributed by atoms with E-state index in [1.807, 2.05) is 39.0 Å². The quantitative estimate of drug-likeness (QED) is 0.592. The van der Waals surface area contributed by atoms with Crippen LogP contribution in [0, 0.1) is 20.8 Å². The van der Waals surface area contributed by atoms with Gasteiger partial charge in [0.15, 0.2) is 6.10 Å². The summed E-state index contributed by atoms with van der Waals surface area (Å²) in [4.78, 5) is 24.2. The molecular formula is C19H22BrN3O3. The molecule has 1 N–H and O–H groups in total. The van der Waals surface area contributed by atoms with Crippen molar-refractivity contribution in [2.75, 3.05) is 5.32 Å². The van der Waals surface area contributed by atoms with Crippen LogP contribution >= 0.6 is 15.9 Å². The highest BCUT2D eigenvalue weighted by Gasteiger charge is 2.20. The van der Waals surface area contributed by atoms with Gasteiger partial charge in [0.05, 0.1) is 17.1 Å². The van der Waals surface area contributed by atoms with Gasteiger partial charge in [-0.25, -0.2) is 4.79 Å². The van der Waals surface area contributed by atoms with E-state index >= 15 is 0 Å². The topological polar surface area (TPSA) is 73.2 Å². The predicted octanol–water partition coefficient (Wildman–Crippen LogP) is 3.69. The number of nitrogens with zero attached hydrogens (tertiary/aromatic N) is 2. The summed E-state index contributed by atoms with van der Waals surface area (Å²) in [5, 5.41) is 7.00.